The molecule has 0 aliphatic rings. The molecule has 0 atom stereocenters. The minimum Gasteiger partial charge on any atom is -0.504 e. The van der Waals surface area contributed by atoms with Gasteiger partial charge in [0.25, 0.3) is 0 Å². The van der Waals surface area contributed by atoms with Crippen LogP contribution in [-0.4, -0.2) is 18.9 Å². The number of furan rings is 1. The Morgan fingerprint density at radius 1 is 1.04 bits per heavy atom. The zero-order valence-electron chi connectivity index (χ0n) is 13.8. The predicted molar refractivity (Wildman–Crippen MR) is 91.7 cm³/mol. The molecule has 3 rings (SSSR count). The molecule has 4 nitrogen and oxygen atoms in total. The highest BCUT2D eigenvalue weighted by molar-refractivity contribution is 5.87. The summed E-state index contributed by atoms with van der Waals surface area (Å²) in [4.78, 5) is 0. The molecule has 2 N–H and O–H groups in total. The molecule has 0 bridgehead atoms. The first-order valence-corrected chi connectivity index (χ1v) is 7.73. The molecule has 0 saturated carbocycles. The van der Waals surface area contributed by atoms with Crippen LogP contribution in [0.2, 0.25) is 0 Å². The van der Waals surface area contributed by atoms with Gasteiger partial charge in [-0.05, 0) is 17.7 Å². The van der Waals surface area contributed by atoms with Crippen LogP contribution in [0.1, 0.15) is 5.56 Å². The van der Waals surface area contributed by atoms with Crippen LogP contribution >= 0.6 is 0 Å². The van der Waals surface area contributed by atoms with Gasteiger partial charge in [0.05, 0.1) is 11.1 Å². The van der Waals surface area contributed by atoms with Crippen molar-refractivity contribution in [2.45, 2.75) is 6.18 Å². The van der Waals surface area contributed by atoms with E-state index in [2.05, 4.69) is 5.32 Å². The van der Waals surface area contributed by atoms with Crippen molar-refractivity contribution in [3.8, 4) is 28.2 Å². The summed E-state index contributed by atoms with van der Waals surface area (Å²) in [7, 11) is 1.46. The molecule has 7 heteroatoms. The van der Waals surface area contributed by atoms with E-state index in [9.17, 15) is 18.3 Å². The van der Waals surface area contributed by atoms with Gasteiger partial charge < -0.3 is 19.6 Å². The maximum Gasteiger partial charge on any atom is 0.416 e. The summed E-state index contributed by atoms with van der Waals surface area (Å²) < 4.78 is 49.7. The molecule has 26 heavy (non-hydrogen) atoms. The summed E-state index contributed by atoms with van der Waals surface area (Å²) in [5.74, 6) is 0.0493. The fraction of sp³-hybridized carbons (Fsp3) is 0.158. The normalized spacial score (nSPS) is 11.5. The van der Waals surface area contributed by atoms with Crippen molar-refractivity contribution in [2.24, 2.45) is 0 Å². The second-order valence-electron chi connectivity index (χ2n) is 5.54. The molecule has 136 valence electrons. The van der Waals surface area contributed by atoms with Crippen molar-refractivity contribution in [3.63, 3.8) is 0 Å². The molecule has 0 unspecified atom stereocenters. The third-order valence-corrected chi connectivity index (χ3v) is 3.77. The molecule has 0 radical (unpaired) electrons. The summed E-state index contributed by atoms with van der Waals surface area (Å²) in [6.07, 6.45) is -4.49. The Morgan fingerprint density at radius 3 is 2.38 bits per heavy atom. The van der Waals surface area contributed by atoms with Crippen molar-refractivity contribution < 1.29 is 27.4 Å². The molecule has 0 spiro atoms. The molecule has 0 aliphatic heterocycles. The van der Waals surface area contributed by atoms with E-state index in [1.165, 1.54) is 19.2 Å². The Morgan fingerprint density at radius 2 is 1.73 bits per heavy atom. The van der Waals surface area contributed by atoms with Crippen molar-refractivity contribution in [1.29, 1.82) is 0 Å². The maximum absolute atomic E-state index is 13.0. The molecule has 3 aromatic rings. The molecular weight excluding hydrogens is 347 g/mol. The van der Waals surface area contributed by atoms with Gasteiger partial charge in [-0.15, -0.1) is 0 Å². The highest BCUT2D eigenvalue weighted by Gasteiger charge is 2.31. The summed E-state index contributed by atoms with van der Waals surface area (Å²) in [5, 5.41) is 13.5. The fourth-order valence-corrected chi connectivity index (χ4v) is 2.59. The average molecular weight is 363 g/mol. The van der Waals surface area contributed by atoms with Gasteiger partial charge in [-0.1, -0.05) is 42.5 Å². The van der Waals surface area contributed by atoms with Gasteiger partial charge in [-0.3, -0.25) is 0 Å². The number of rotatable bonds is 5. The molecule has 0 fully saturated rings. The molecular formula is C19H16F3NO3. The predicted octanol–water partition coefficient (Wildman–Crippen LogP) is 5.35. The van der Waals surface area contributed by atoms with Crippen molar-refractivity contribution in [3.05, 3.63) is 60.2 Å². The Hall–Kier alpha value is -2.93. The number of methoxy groups -OCH3 is 1. The highest BCUT2D eigenvalue weighted by atomic mass is 19.4. The summed E-state index contributed by atoms with van der Waals surface area (Å²) in [6.45, 7) is 0.0626. The van der Waals surface area contributed by atoms with Crippen LogP contribution in [0.5, 0.6) is 5.75 Å². The third kappa shape index (κ3) is 3.52. The second kappa shape index (κ2) is 7.13. The minimum atomic E-state index is -4.49. The molecule has 0 saturated heterocycles. The Bertz CT molecular complexity index is 889. The number of nitrogens with one attached hydrogen (secondary N) is 1. The van der Waals surface area contributed by atoms with E-state index < -0.39 is 11.7 Å². The average Bonchev–Trinajstić information content (AvgIpc) is 2.96. The Labute approximate surface area is 147 Å². The van der Waals surface area contributed by atoms with E-state index in [1.807, 2.05) is 0 Å². The standard InChI is InChI=1S/C19H16F3NO3/c1-25-11-23-18-15(13-8-5-9-14(10-13)19(20,21)22)16(24)17(26-18)12-6-3-2-4-7-12/h2-10,23-24H,11H2,1H3. The lowest BCUT2D eigenvalue weighted by Gasteiger charge is -2.09. The van der Waals surface area contributed by atoms with Crippen LogP contribution in [0.15, 0.2) is 59.0 Å². The van der Waals surface area contributed by atoms with Gasteiger partial charge in [-0.25, -0.2) is 0 Å². The first-order chi connectivity index (χ1) is 12.4. The molecule has 1 aromatic heterocycles. The summed E-state index contributed by atoms with van der Waals surface area (Å²) in [5.41, 5.74) is 0.118. The number of ether oxygens (including phenoxy) is 1. The highest BCUT2D eigenvalue weighted by Crippen LogP contribution is 2.47. The zero-order valence-corrected chi connectivity index (χ0v) is 13.8. The van der Waals surface area contributed by atoms with Crippen molar-refractivity contribution in [1.82, 2.24) is 0 Å². The van der Waals surface area contributed by atoms with Gasteiger partial charge in [0.2, 0.25) is 5.88 Å². The van der Waals surface area contributed by atoms with Crippen LogP contribution < -0.4 is 5.32 Å². The first kappa shape index (κ1) is 17.9. The molecule has 0 amide bonds. The number of hydrogen-bond acceptors (Lipinski definition) is 4. The number of halogens is 3. The third-order valence-electron chi connectivity index (χ3n) is 3.77. The van der Waals surface area contributed by atoms with Gasteiger partial charge in [0.15, 0.2) is 11.5 Å². The van der Waals surface area contributed by atoms with E-state index in [0.29, 0.717) is 5.56 Å². The lowest BCUT2D eigenvalue weighted by Crippen LogP contribution is -2.05. The SMILES string of the molecule is COCNc1oc(-c2ccccc2)c(O)c1-c1cccc(C(F)(F)F)c1. The van der Waals surface area contributed by atoms with Crippen molar-refractivity contribution >= 4 is 5.88 Å². The summed E-state index contributed by atoms with van der Waals surface area (Å²) in [6, 6.07) is 13.5. The van der Waals surface area contributed by atoms with Gasteiger partial charge in [0, 0.05) is 12.7 Å². The van der Waals surface area contributed by atoms with Crippen LogP contribution in [-0.2, 0) is 10.9 Å². The lowest BCUT2D eigenvalue weighted by molar-refractivity contribution is -0.137. The topological polar surface area (TPSA) is 54.6 Å². The first-order valence-electron chi connectivity index (χ1n) is 7.73. The van der Waals surface area contributed by atoms with Crippen LogP contribution in [0.3, 0.4) is 0 Å². The van der Waals surface area contributed by atoms with Gasteiger partial charge in [0.1, 0.15) is 6.73 Å². The van der Waals surface area contributed by atoms with E-state index >= 15 is 0 Å². The van der Waals surface area contributed by atoms with Gasteiger partial charge in [-0.2, -0.15) is 13.2 Å². The Kier molecular flexibility index (Phi) is 4.90. The summed E-state index contributed by atoms with van der Waals surface area (Å²) >= 11 is 0. The Balaban J connectivity index is 2.15. The smallest absolute Gasteiger partial charge is 0.416 e. The number of aromatic hydroxyl groups is 1. The van der Waals surface area contributed by atoms with E-state index in [1.54, 1.807) is 30.3 Å². The number of alkyl halides is 3. The second-order valence-corrected chi connectivity index (χ2v) is 5.54. The number of benzene rings is 2. The van der Waals surface area contributed by atoms with Crippen molar-refractivity contribution in [2.75, 3.05) is 19.2 Å². The number of anilines is 1. The largest absolute Gasteiger partial charge is 0.504 e. The van der Waals surface area contributed by atoms with Crippen LogP contribution in [0.25, 0.3) is 22.5 Å². The van der Waals surface area contributed by atoms with Gasteiger partial charge >= 0.3 is 6.18 Å². The fourth-order valence-electron chi connectivity index (χ4n) is 2.59. The maximum atomic E-state index is 13.0. The van der Waals surface area contributed by atoms with Crippen LogP contribution in [0, 0.1) is 0 Å². The molecule has 0 aliphatic carbocycles. The van der Waals surface area contributed by atoms with E-state index in [4.69, 9.17) is 9.15 Å². The number of hydrogen-bond donors (Lipinski definition) is 2. The monoisotopic (exact) mass is 363 g/mol. The molecule has 1 heterocycles. The zero-order chi connectivity index (χ0) is 18.7. The van der Waals surface area contributed by atoms with Crippen LogP contribution in [0.4, 0.5) is 19.1 Å². The quantitative estimate of drug-likeness (QED) is 0.600. The van der Waals surface area contributed by atoms with E-state index in [-0.39, 0.29) is 35.3 Å². The lowest BCUT2D eigenvalue weighted by atomic mass is 10.0. The van der Waals surface area contributed by atoms with E-state index in [0.717, 1.165) is 12.1 Å². The molecule has 2 aromatic carbocycles. The minimum absolute atomic E-state index is 0.0626.